The van der Waals surface area contributed by atoms with Crippen LogP contribution in [0.4, 0.5) is 4.79 Å². The van der Waals surface area contributed by atoms with Crippen molar-refractivity contribution in [3.63, 3.8) is 0 Å². The van der Waals surface area contributed by atoms with Gasteiger partial charge >= 0.3 is 12.1 Å². The van der Waals surface area contributed by atoms with Gasteiger partial charge in [-0.3, -0.25) is 4.79 Å². The molecule has 2 bridgehead atoms. The van der Waals surface area contributed by atoms with Gasteiger partial charge in [-0.05, 0) is 67.9 Å². The minimum absolute atomic E-state index is 0.143. The van der Waals surface area contributed by atoms with E-state index in [0.29, 0.717) is 6.42 Å². The van der Waals surface area contributed by atoms with E-state index in [2.05, 4.69) is 5.32 Å². The van der Waals surface area contributed by atoms with Crippen molar-refractivity contribution < 1.29 is 67.5 Å². The van der Waals surface area contributed by atoms with Crippen LogP contribution in [0, 0.1) is 23.7 Å². The monoisotopic (exact) mass is 745 g/mol. The van der Waals surface area contributed by atoms with Crippen LogP contribution < -0.4 is 5.32 Å². The summed E-state index contributed by atoms with van der Waals surface area (Å²) in [6, 6.07) is -0.330. The molecule has 0 unspecified atom stereocenters. The zero-order valence-electron chi connectivity index (χ0n) is 32.8. The Labute approximate surface area is 307 Å². The molecular formula is C37H63NO14. The van der Waals surface area contributed by atoms with Gasteiger partial charge < -0.3 is 63.3 Å². The number of hydrogen-bond acceptors (Lipinski definition) is 15. The zero-order valence-corrected chi connectivity index (χ0v) is 32.8. The number of hydrogen-bond donors (Lipinski definition) is 4. The molecule has 5 heterocycles. The van der Waals surface area contributed by atoms with E-state index in [1.54, 1.807) is 41.7 Å². The standard InChI is InChI=1S/C37H63NO14/c1-13-24-36(10)30(50-33(42)51-36)21(6)37(43)17(2)15-35(9,52-37)29(49-32-26(39)23(38-11)14-18(3)45-32)19(4)27(20(5)31(41)47-24)48-25-16-34(8,44-12)28(40)22(7)46-25/h17-30,32,38-40,43H,13-16H2,1-12H3/t17-,18-,19+,20-,21-,22+,23+,24-,25-,26+,27+,28+,29-,30-,32+,34-,35-,36+,37-/m1/s1. The van der Waals surface area contributed by atoms with Gasteiger partial charge in [0.05, 0.1) is 47.5 Å². The fourth-order valence-corrected chi connectivity index (χ4v) is 9.58. The summed E-state index contributed by atoms with van der Waals surface area (Å²) in [5, 5.41) is 38.1. The number of ether oxygens (including phenoxy) is 9. The molecule has 5 rings (SSSR count). The van der Waals surface area contributed by atoms with Gasteiger partial charge in [0.1, 0.15) is 18.3 Å². The van der Waals surface area contributed by atoms with E-state index in [4.69, 9.17) is 42.6 Å². The lowest BCUT2D eigenvalue weighted by atomic mass is 9.75. The molecule has 4 N–H and O–H groups in total. The molecule has 0 radical (unpaired) electrons. The number of aliphatic hydroxyl groups excluding tert-OH is 2. The summed E-state index contributed by atoms with van der Waals surface area (Å²) in [5.74, 6) is -5.51. The Morgan fingerprint density at radius 3 is 2.25 bits per heavy atom. The Kier molecular flexibility index (Phi) is 12.1. The lowest BCUT2D eigenvalue weighted by Gasteiger charge is -2.48. The minimum atomic E-state index is -1.86. The number of cyclic esters (lactones) is 1. The number of fused-ring (bicyclic) bond motifs is 3. The maximum atomic E-state index is 14.3. The lowest BCUT2D eigenvalue weighted by Crippen LogP contribution is -2.60. The molecule has 5 aliphatic rings. The highest BCUT2D eigenvalue weighted by atomic mass is 16.8. The molecule has 52 heavy (non-hydrogen) atoms. The molecule has 0 aromatic heterocycles. The van der Waals surface area contributed by atoms with Crippen LogP contribution >= 0.6 is 0 Å². The quantitative estimate of drug-likeness (QED) is 0.278. The highest BCUT2D eigenvalue weighted by molar-refractivity contribution is 5.73. The fourth-order valence-electron chi connectivity index (χ4n) is 9.58. The van der Waals surface area contributed by atoms with Crippen molar-refractivity contribution >= 4 is 12.1 Å². The highest BCUT2D eigenvalue weighted by Crippen LogP contribution is 2.53. The van der Waals surface area contributed by atoms with Crippen molar-refractivity contribution in [3.8, 4) is 0 Å². The molecule has 0 amide bonds. The SMILES string of the molecule is CC[C@H]1OC(=O)[C@H](C)[C@@H](O[C@@H]2C[C@@](C)(OC)[C@@H](O)[C@H](C)O2)[C@H](C)[C@@H](O[C@@H]2O[C@H](C)C[C@H](NC)[C@@H]2O)[C@@]2(C)C[C@@H](C)[C@@](O)(O2)[C@H](C)[C@H]2OC(=O)O[C@]21C. The van der Waals surface area contributed by atoms with Crippen molar-refractivity contribution in [1.82, 2.24) is 5.32 Å². The molecule has 15 heteroatoms. The van der Waals surface area contributed by atoms with E-state index >= 15 is 0 Å². The molecular weight excluding hydrogens is 682 g/mol. The van der Waals surface area contributed by atoms with Crippen LogP contribution in [0.15, 0.2) is 0 Å². The van der Waals surface area contributed by atoms with Gasteiger partial charge in [-0.25, -0.2) is 4.79 Å². The lowest BCUT2D eigenvalue weighted by molar-refractivity contribution is -0.335. The second-order valence-electron chi connectivity index (χ2n) is 16.6. The normalized spacial score (nSPS) is 53.1. The van der Waals surface area contributed by atoms with Gasteiger partial charge in [-0.2, -0.15) is 0 Å². The first kappa shape index (κ1) is 41.5. The number of rotatable bonds is 7. The first-order valence-corrected chi connectivity index (χ1v) is 18.9. The molecule has 0 aliphatic carbocycles. The Morgan fingerprint density at radius 2 is 1.63 bits per heavy atom. The summed E-state index contributed by atoms with van der Waals surface area (Å²) in [7, 11) is 3.28. The molecule has 5 fully saturated rings. The summed E-state index contributed by atoms with van der Waals surface area (Å²) in [6.45, 7) is 17.8. The predicted molar refractivity (Wildman–Crippen MR) is 184 cm³/mol. The van der Waals surface area contributed by atoms with Gasteiger partial charge in [-0.1, -0.05) is 27.7 Å². The number of aliphatic hydroxyl groups is 3. The Hall–Kier alpha value is -1.66. The van der Waals surface area contributed by atoms with Crippen LogP contribution in [0.2, 0.25) is 0 Å². The molecule has 0 aromatic carbocycles. The smallest absolute Gasteiger partial charge is 0.458 e. The average Bonchev–Trinajstić information content (AvgIpc) is 3.53. The molecule has 19 atom stereocenters. The molecule has 0 saturated carbocycles. The maximum absolute atomic E-state index is 14.3. The van der Waals surface area contributed by atoms with Crippen molar-refractivity contribution in [3.05, 3.63) is 0 Å². The Morgan fingerprint density at radius 1 is 0.962 bits per heavy atom. The predicted octanol–water partition coefficient (Wildman–Crippen LogP) is 2.78. The van der Waals surface area contributed by atoms with Crippen molar-refractivity contribution in [1.29, 1.82) is 0 Å². The molecule has 5 aliphatic heterocycles. The van der Waals surface area contributed by atoms with Gasteiger partial charge in [0, 0.05) is 31.4 Å². The first-order chi connectivity index (χ1) is 24.2. The van der Waals surface area contributed by atoms with E-state index in [0.717, 1.165) is 0 Å². The molecule has 0 spiro atoms. The summed E-state index contributed by atoms with van der Waals surface area (Å²) in [4.78, 5) is 27.1. The summed E-state index contributed by atoms with van der Waals surface area (Å²) < 4.78 is 56.3. The van der Waals surface area contributed by atoms with Crippen molar-refractivity contribution in [2.24, 2.45) is 23.7 Å². The third kappa shape index (κ3) is 7.24. The Balaban J connectivity index is 1.64. The van der Waals surface area contributed by atoms with Crippen LogP contribution in [-0.4, -0.2) is 132 Å². The molecule has 300 valence electrons. The molecule has 15 nitrogen and oxygen atoms in total. The van der Waals surface area contributed by atoms with Gasteiger partial charge in [0.2, 0.25) is 0 Å². The van der Waals surface area contributed by atoms with Crippen molar-refractivity contribution in [2.45, 2.75) is 185 Å². The highest BCUT2D eigenvalue weighted by Gasteiger charge is 2.67. The largest absolute Gasteiger partial charge is 0.509 e. The van der Waals surface area contributed by atoms with Crippen LogP contribution in [0.5, 0.6) is 0 Å². The first-order valence-electron chi connectivity index (χ1n) is 18.9. The van der Waals surface area contributed by atoms with E-state index in [1.165, 1.54) is 7.11 Å². The van der Waals surface area contributed by atoms with E-state index in [-0.39, 0.29) is 31.4 Å². The second kappa shape index (κ2) is 15.1. The average molecular weight is 746 g/mol. The third-order valence-electron chi connectivity index (χ3n) is 12.8. The fraction of sp³-hybridized carbons (Fsp3) is 0.946. The van der Waals surface area contributed by atoms with E-state index in [9.17, 15) is 24.9 Å². The van der Waals surface area contributed by atoms with Crippen LogP contribution in [-0.2, 0) is 47.4 Å². The number of likely N-dealkylation sites (N-methyl/N-ethyl adjacent to an activating group) is 1. The van der Waals surface area contributed by atoms with Gasteiger partial charge in [-0.15, -0.1) is 0 Å². The summed E-state index contributed by atoms with van der Waals surface area (Å²) >= 11 is 0. The van der Waals surface area contributed by atoms with Crippen LogP contribution in [0.3, 0.4) is 0 Å². The summed E-state index contributed by atoms with van der Waals surface area (Å²) in [6.07, 6.45) is -8.61. The van der Waals surface area contributed by atoms with Crippen LogP contribution in [0.1, 0.15) is 94.9 Å². The number of nitrogens with one attached hydrogen (secondary N) is 1. The maximum Gasteiger partial charge on any atom is 0.509 e. The molecule has 5 saturated heterocycles. The zero-order chi connectivity index (χ0) is 38.7. The number of esters is 1. The minimum Gasteiger partial charge on any atom is -0.458 e. The van der Waals surface area contributed by atoms with Gasteiger partial charge in [0.25, 0.3) is 0 Å². The van der Waals surface area contributed by atoms with Crippen molar-refractivity contribution in [2.75, 3.05) is 14.2 Å². The van der Waals surface area contributed by atoms with Gasteiger partial charge in [0.15, 0.2) is 30.1 Å². The van der Waals surface area contributed by atoms with E-state index < -0.39 is 114 Å². The number of carbonyl (C=O) groups excluding carboxylic acids is 2. The second-order valence-corrected chi connectivity index (χ2v) is 16.6. The Bertz CT molecular complexity index is 1290. The van der Waals surface area contributed by atoms with Crippen LogP contribution in [0.25, 0.3) is 0 Å². The topological polar surface area (TPSA) is 190 Å². The third-order valence-corrected chi connectivity index (χ3v) is 12.8. The molecule has 0 aromatic rings. The number of carbonyl (C=O) groups is 2. The number of methoxy groups -OCH3 is 1. The van der Waals surface area contributed by atoms with E-state index in [1.807, 2.05) is 34.6 Å². The summed E-state index contributed by atoms with van der Waals surface area (Å²) in [5.41, 5.74) is -3.75.